The average molecular weight is 499 g/mol. The van der Waals surface area contributed by atoms with E-state index in [-0.39, 0.29) is 23.1 Å². The summed E-state index contributed by atoms with van der Waals surface area (Å²) in [5, 5.41) is 10.1. The van der Waals surface area contributed by atoms with Gasteiger partial charge < -0.3 is 20.1 Å². The number of benzene rings is 1. The van der Waals surface area contributed by atoms with Crippen LogP contribution < -0.4 is 15.9 Å². The van der Waals surface area contributed by atoms with Crippen molar-refractivity contribution in [2.24, 2.45) is 0 Å². The van der Waals surface area contributed by atoms with Gasteiger partial charge in [-0.25, -0.2) is 22.5 Å². The van der Waals surface area contributed by atoms with Gasteiger partial charge in [0, 0.05) is 5.56 Å². The van der Waals surface area contributed by atoms with Gasteiger partial charge in [-0.05, 0) is 6.07 Å². The first kappa shape index (κ1) is 23.6. The van der Waals surface area contributed by atoms with E-state index in [1.807, 2.05) is 0 Å². The van der Waals surface area contributed by atoms with Crippen LogP contribution in [0.5, 0.6) is 5.75 Å². The molecule has 0 saturated carbocycles. The SMILES string of the molecule is Nc1nc(=O)n(C2OC(COP3(=O)OCc4ccccc4O3)(C(F)F)C(O)C2(F)F)cc1F. The number of rotatable bonds is 5. The van der Waals surface area contributed by atoms with Crippen LogP contribution in [0.4, 0.5) is 27.8 Å². The summed E-state index contributed by atoms with van der Waals surface area (Å²) >= 11 is 0. The predicted molar refractivity (Wildman–Crippen MR) is 98.1 cm³/mol. The lowest BCUT2D eigenvalue weighted by molar-refractivity contribution is -0.194. The summed E-state index contributed by atoms with van der Waals surface area (Å²) in [7, 11) is -4.59. The fraction of sp³-hybridized carbons (Fsp3) is 0.412. The van der Waals surface area contributed by atoms with Gasteiger partial charge in [-0.2, -0.15) is 13.8 Å². The van der Waals surface area contributed by atoms with E-state index in [9.17, 15) is 36.4 Å². The molecule has 180 valence electrons. The number of hydrogen-bond acceptors (Lipinski definition) is 9. The number of ether oxygens (including phenoxy) is 1. The van der Waals surface area contributed by atoms with Crippen LogP contribution in [0.2, 0.25) is 0 Å². The summed E-state index contributed by atoms with van der Waals surface area (Å²) in [5.41, 5.74) is 0.480. The zero-order valence-electron chi connectivity index (χ0n) is 16.2. The van der Waals surface area contributed by atoms with Crippen molar-refractivity contribution >= 4 is 13.6 Å². The lowest BCUT2D eigenvalue weighted by Crippen LogP contribution is -2.54. The third-order valence-corrected chi connectivity index (χ3v) is 6.36. The number of anilines is 1. The maximum absolute atomic E-state index is 14.8. The molecule has 33 heavy (non-hydrogen) atoms. The Labute approximate surface area is 181 Å². The highest BCUT2D eigenvalue weighted by atomic mass is 31.2. The summed E-state index contributed by atoms with van der Waals surface area (Å²) in [4.78, 5) is 14.9. The summed E-state index contributed by atoms with van der Waals surface area (Å²) in [6.45, 7) is -1.90. The average Bonchev–Trinajstić information content (AvgIpc) is 2.96. The number of fused-ring (bicyclic) bond motifs is 1. The highest BCUT2D eigenvalue weighted by Crippen LogP contribution is 2.57. The van der Waals surface area contributed by atoms with E-state index in [0.717, 1.165) is 0 Å². The molecule has 0 radical (unpaired) electrons. The maximum Gasteiger partial charge on any atom is 0.530 e. The van der Waals surface area contributed by atoms with Crippen LogP contribution in [-0.2, 0) is 25.0 Å². The molecule has 4 atom stereocenters. The monoisotopic (exact) mass is 499 g/mol. The smallest absolute Gasteiger partial charge is 0.404 e. The molecule has 0 bridgehead atoms. The van der Waals surface area contributed by atoms with E-state index < -0.39 is 62.0 Å². The number of aliphatic hydroxyl groups excluding tert-OH is 1. The van der Waals surface area contributed by atoms with E-state index in [1.165, 1.54) is 12.1 Å². The number of alkyl halides is 4. The fourth-order valence-electron chi connectivity index (χ4n) is 3.28. The maximum atomic E-state index is 14.8. The fourth-order valence-corrected chi connectivity index (χ4v) is 4.53. The minimum absolute atomic E-state index is 0.0456. The zero-order valence-corrected chi connectivity index (χ0v) is 17.1. The van der Waals surface area contributed by atoms with E-state index in [0.29, 0.717) is 5.56 Å². The van der Waals surface area contributed by atoms with Crippen LogP contribution in [0.25, 0.3) is 0 Å². The summed E-state index contributed by atoms with van der Waals surface area (Å²) in [5.74, 6) is -6.86. The highest BCUT2D eigenvalue weighted by molar-refractivity contribution is 7.49. The second-order valence-electron chi connectivity index (χ2n) is 7.16. The number of halogens is 5. The Balaban J connectivity index is 1.64. The Kier molecular flexibility index (Phi) is 5.73. The molecule has 2 aromatic rings. The molecule has 10 nitrogen and oxygen atoms in total. The minimum atomic E-state index is -4.59. The first-order chi connectivity index (χ1) is 15.4. The van der Waals surface area contributed by atoms with Crippen LogP contribution in [0.1, 0.15) is 11.8 Å². The van der Waals surface area contributed by atoms with Gasteiger partial charge in [-0.15, -0.1) is 0 Å². The second kappa shape index (κ2) is 8.02. The third kappa shape index (κ3) is 3.89. The van der Waals surface area contributed by atoms with Crippen LogP contribution in [0.15, 0.2) is 35.3 Å². The molecule has 1 fully saturated rings. The number of phosphoric acid groups is 1. The topological polar surface area (TPSA) is 135 Å². The van der Waals surface area contributed by atoms with E-state index in [1.54, 1.807) is 12.1 Å². The molecule has 2 aliphatic rings. The summed E-state index contributed by atoms with van der Waals surface area (Å²) in [6.07, 6.45) is -9.89. The largest absolute Gasteiger partial charge is 0.530 e. The lowest BCUT2D eigenvalue weighted by Gasteiger charge is -2.32. The molecule has 1 aromatic carbocycles. The molecule has 1 saturated heterocycles. The van der Waals surface area contributed by atoms with Crippen molar-refractivity contribution < 1.29 is 49.9 Å². The number of nitrogens with zero attached hydrogens (tertiary/aromatic N) is 2. The van der Waals surface area contributed by atoms with E-state index >= 15 is 0 Å². The number of aromatic nitrogens is 2. The summed E-state index contributed by atoms with van der Waals surface area (Å²) < 4.78 is 103. The van der Waals surface area contributed by atoms with E-state index in [4.69, 9.17) is 24.0 Å². The normalized spacial score (nSPS) is 30.8. The summed E-state index contributed by atoms with van der Waals surface area (Å²) in [6, 6.07) is 6.08. The molecule has 3 heterocycles. The van der Waals surface area contributed by atoms with Crippen molar-refractivity contribution in [2.45, 2.75) is 36.9 Å². The molecule has 0 spiro atoms. The molecule has 0 amide bonds. The van der Waals surface area contributed by atoms with Crippen molar-refractivity contribution in [2.75, 3.05) is 12.3 Å². The van der Waals surface area contributed by atoms with Gasteiger partial charge >= 0.3 is 19.4 Å². The number of nitrogen functional groups attached to an aromatic ring is 1. The molecular formula is C17H15F5N3O7P. The molecule has 16 heteroatoms. The van der Waals surface area contributed by atoms with Crippen LogP contribution in [0.3, 0.4) is 0 Å². The Hall–Kier alpha value is -2.58. The number of phosphoric ester groups is 1. The number of para-hydroxylation sites is 1. The van der Waals surface area contributed by atoms with Gasteiger partial charge in [-0.1, -0.05) is 18.2 Å². The first-order valence-electron chi connectivity index (χ1n) is 9.12. The molecule has 4 rings (SSSR count). The molecule has 1 aromatic heterocycles. The Morgan fingerprint density at radius 1 is 1.36 bits per heavy atom. The van der Waals surface area contributed by atoms with Gasteiger partial charge in [0.1, 0.15) is 5.75 Å². The minimum Gasteiger partial charge on any atom is -0.404 e. The van der Waals surface area contributed by atoms with Gasteiger partial charge in [0.15, 0.2) is 23.3 Å². The van der Waals surface area contributed by atoms with Gasteiger partial charge in [0.05, 0.1) is 19.4 Å². The van der Waals surface area contributed by atoms with Crippen molar-refractivity contribution in [3.05, 3.63) is 52.3 Å². The molecule has 2 aliphatic heterocycles. The molecular weight excluding hydrogens is 484 g/mol. The van der Waals surface area contributed by atoms with Crippen LogP contribution >= 0.6 is 7.82 Å². The van der Waals surface area contributed by atoms with Crippen LogP contribution in [0, 0.1) is 5.82 Å². The lowest BCUT2D eigenvalue weighted by atomic mass is 9.96. The number of nitrogens with two attached hydrogens (primary N) is 1. The Bertz CT molecular complexity index is 1180. The van der Waals surface area contributed by atoms with Gasteiger partial charge in [-0.3, -0.25) is 13.6 Å². The van der Waals surface area contributed by atoms with Crippen molar-refractivity contribution in [1.82, 2.24) is 9.55 Å². The Morgan fingerprint density at radius 3 is 2.76 bits per heavy atom. The number of hydrogen-bond donors (Lipinski definition) is 2. The molecule has 3 N–H and O–H groups in total. The van der Waals surface area contributed by atoms with Gasteiger partial charge in [0.2, 0.25) is 6.23 Å². The third-order valence-electron chi connectivity index (χ3n) is 5.05. The molecule has 0 aliphatic carbocycles. The standard InChI is InChI=1S/C17H15F5N3O7P/c18-9-5-25(15(27)24-11(9)23)14-17(21,22)12(26)16(31-14,13(19)20)7-30-33(28)29-6-8-3-1-2-4-10(8)32-33/h1-5,12-14,26H,6-7H2,(H2,23,24,27). The van der Waals surface area contributed by atoms with Crippen LogP contribution in [-0.4, -0.2) is 45.3 Å². The van der Waals surface area contributed by atoms with Crippen molar-refractivity contribution in [1.29, 1.82) is 0 Å². The van der Waals surface area contributed by atoms with Crippen molar-refractivity contribution in [3.8, 4) is 5.75 Å². The van der Waals surface area contributed by atoms with E-state index in [2.05, 4.69) is 4.98 Å². The van der Waals surface area contributed by atoms with Gasteiger partial charge in [0.25, 0.3) is 6.43 Å². The predicted octanol–water partition coefficient (Wildman–Crippen LogP) is 2.23. The number of aliphatic hydroxyl groups is 1. The second-order valence-corrected chi connectivity index (χ2v) is 8.75. The quantitative estimate of drug-likeness (QED) is 0.469. The Morgan fingerprint density at radius 2 is 2.06 bits per heavy atom. The molecule has 4 unspecified atom stereocenters. The van der Waals surface area contributed by atoms with Crippen molar-refractivity contribution in [3.63, 3.8) is 0 Å². The zero-order chi connectivity index (χ0) is 24.2. The highest BCUT2D eigenvalue weighted by Gasteiger charge is 2.71. The first-order valence-corrected chi connectivity index (χ1v) is 10.6.